The van der Waals surface area contributed by atoms with Crippen molar-refractivity contribution in [2.45, 2.75) is 62.9 Å². The molecule has 5 nitrogen and oxygen atoms in total. The van der Waals surface area contributed by atoms with Crippen LogP contribution in [0.4, 0.5) is 5.69 Å². The maximum atomic E-state index is 9.55. The number of benzene rings is 1. The molecule has 28 heavy (non-hydrogen) atoms. The molecule has 0 amide bonds. The Labute approximate surface area is 171 Å². The van der Waals surface area contributed by atoms with Crippen LogP contribution in [0.15, 0.2) is 41.7 Å². The van der Waals surface area contributed by atoms with Crippen LogP contribution in [0.2, 0.25) is 0 Å². The molecule has 0 radical (unpaired) electrons. The van der Waals surface area contributed by atoms with Crippen LogP contribution in [-0.4, -0.2) is 10.1 Å². The van der Waals surface area contributed by atoms with Gasteiger partial charge in [0.25, 0.3) is 0 Å². The van der Waals surface area contributed by atoms with Crippen LogP contribution in [0.25, 0.3) is 0 Å². The van der Waals surface area contributed by atoms with Gasteiger partial charge in [-0.3, -0.25) is 10.1 Å². The summed E-state index contributed by atoms with van der Waals surface area (Å²) in [6.07, 6.45) is 9.06. The predicted molar refractivity (Wildman–Crippen MR) is 117 cm³/mol. The average molecular weight is 399 g/mol. The van der Waals surface area contributed by atoms with E-state index in [9.17, 15) is 5.11 Å². The minimum atomic E-state index is -0.877. The van der Waals surface area contributed by atoms with Crippen LogP contribution in [0, 0.1) is 0 Å². The minimum absolute atomic E-state index is 0.564. The van der Waals surface area contributed by atoms with Gasteiger partial charge in [-0.15, -0.1) is 0 Å². The van der Waals surface area contributed by atoms with Crippen LogP contribution >= 0.6 is 11.9 Å². The number of pyridine rings is 1. The molecule has 150 valence electrons. The van der Waals surface area contributed by atoms with Gasteiger partial charge in [0, 0.05) is 16.8 Å². The molecule has 6 N–H and O–H groups in total. The third-order valence-electron chi connectivity index (χ3n) is 5.26. The van der Waals surface area contributed by atoms with E-state index in [1.165, 1.54) is 66.5 Å². The van der Waals surface area contributed by atoms with Gasteiger partial charge < -0.3 is 16.2 Å². The molecule has 0 aliphatic heterocycles. The molecule has 0 fully saturated rings. The van der Waals surface area contributed by atoms with E-state index in [1.54, 1.807) is 26.1 Å². The number of nitrogens with one attached hydrogen (secondary N) is 1. The highest BCUT2D eigenvalue weighted by Gasteiger charge is 2.23. The maximum absolute atomic E-state index is 9.55. The van der Waals surface area contributed by atoms with Gasteiger partial charge in [-0.1, -0.05) is 12.6 Å². The third kappa shape index (κ3) is 4.69. The van der Waals surface area contributed by atoms with Crippen molar-refractivity contribution in [2.24, 2.45) is 10.9 Å². The highest BCUT2D eigenvalue weighted by molar-refractivity contribution is 7.97. The van der Waals surface area contributed by atoms with Crippen molar-refractivity contribution >= 4 is 17.6 Å². The second-order valence-corrected chi connectivity index (χ2v) is 8.65. The zero-order chi connectivity index (χ0) is 20.3. The first-order valence-electron chi connectivity index (χ1n) is 9.73. The van der Waals surface area contributed by atoms with E-state index in [2.05, 4.69) is 22.9 Å². The van der Waals surface area contributed by atoms with E-state index in [4.69, 9.17) is 10.9 Å². The Morgan fingerprint density at radius 3 is 2.18 bits per heavy atom. The summed E-state index contributed by atoms with van der Waals surface area (Å²) in [5.74, 6) is 0.564. The number of nitrogens with zero attached hydrogens (tertiary/aromatic N) is 1. The summed E-state index contributed by atoms with van der Waals surface area (Å²) in [7, 11) is 0. The molecule has 2 aliphatic rings. The Kier molecular flexibility index (Phi) is 6.33. The number of hydrogen-bond donors (Lipinski definition) is 4. The van der Waals surface area contributed by atoms with Gasteiger partial charge in [-0.25, -0.2) is 0 Å². The zero-order valence-electron chi connectivity index (χ0n) is 16.7. The Bertz CT molecular complexity index is 824. The molecule has 1 aromatic carbocycles. The van der Waals surface area contributed by atoms with E-state index >= 15 is 0 Å². The molecule has 0 saturated carbocycles. The van der Waals surface area contributed by atoms with Crippen LogP contribution in [0.3, 0.4) is 0 Å². The first kappa shape index (κ1) is 20.7. The lowest BCUT2D eigenvalue weighted by Gasteiger charge is -2.16. The smallest absolute Gasteiger partial charge is 0.101 e. The minimum Gasteiger partial charge on any atom is -0.386 e. The van der Waals surface area contributed by atoms with Crippen LogP contribution < -0.4 is 16.2 Å². The number of nitrogens with two attached hydrogens (primary N) is 2. The summed E-state index contributed by atoms with van der Waals surface area (Å²) in [6.45, 7) is 7.17. The monoisotopic (exact) mass is 398 g/mol. The normalized spacial score (nSPS) is 14.7. The molecular weight excluding hydrogens is 368 g/mol. The summed E-state index contributed by atoms with van der Waals surface area (Å²) < 4.78 is 0. The highest BCUT2D eigenvalue weighted by atomic mass is 32.2. The van der Waals surface area contributed by atoms with Crippen LogP contribution in [0.1, 0.15) is 54.6 Å². The van der Waals surface area contributed by atoms with Gasteiger partial charge in [-0.2, -0.15) is 0 Å². The lowest BCUT2D eigenvalue weighted by Crippen LogP contribution is -2.17. The van der Waals surface area contributed by atoms with Gasteiger partial charge >= 0.3 is 0 Å². The second kappa shape index (κ2) is 8.55. The van der Waals surface area contributed by atoms with Gasteiger partial charge in [0.15, 0.2) is 0 Å². The van der Waals surface area contributed by atoms with E-state index in [0.717, 1.165) is 16.8 Å². The first-order chi connectivity index (χ1) is 13.3. The maximum Gasteiger partial charge on any atom is 0.101 e. The molecule has 1 heterocycles. The van der Waals surface area contributed by atoms with Crippen molar-refractivity contribution in [2.75, 3.05) is 5.32 Å². The Morgan fingerprint density at radius 2 is 1.75 bits per heavy atom. The quantitative estimate of drug-likeness (QED) is 0.585. The molecule has 0 atom stereocenters. The molecular formula is C22H30N4OS. The van der Waals surface area contributed by atoms with Crippen molar-refractivity contribution in [3.8, 4) is 0 Å². The largest absolute Gasteiger partial charge is 0.386 e. The third-order valence-corrected chi connectivity index (χ3v) is 5.77. The summed E-state index contributed by atoms with van der Waals surface area (Å²) >= 11 is 1.14. The van der Waals surface area contributed by atoms with Crippen molar-refractivity contribution in [3.63, 3.8) is 0 Å². The lowest BCUT2D eigenvalue weighted by atomic mass is 9.99. The zero-order valence-corrected chi connectivity index (χ0v) is 17.5. The topological polar surface area (TPSA) is 97.2 Å². The molecule has 0 saturated heterocycles. The van der Waals surface area contributed by atoms with Gasteiger partial charge in [0.05, 0.1) is 11.5 Å². The van der Waals surface area contributed by atoms with E-state index < -0.39 is 5.60 Å². The summed E-state index contributed by atoms with van der Waals surface area (Å²) in [5.41, 5.74) is 12.8. The number of aliphatic hydroxyl groups is 1. The molecule has 6 heteroatoms. The van der Waals surface area contributed by atoms with Crippen molar-refractivity contribution in [3.05, 3.63) is 64.7 Å². The van der Waals surface area contributed by atoms with Gasteiger partial charge in [-0.05, 0) is 98.7 Å². The fourth-order valence-electron chi connectivity index (χ4n) is 3.94. The summed E-state index contributed by atoms with van der Waals surface area (Å²) in [5, 5.41) is 18.2. The van der Waals surface area contributed by atoms with E-state index in [0.29, 0.717) is 11.5 Å². The standard InChI is InChI=1S/C14H18N2.C8H12N2OS/c1-9(15)16-14-12-6-2-4-10(12)8-11-5-3-7-13(11)14;1-8(2,11)7-4-3-6(12-9)5-10-7/h8,16H,1-7,15H2;3-5,11H,9H2,1-2H3. The van der Waals surface area contributed by atoms with Crippen LogP contribution in [0.5, 0.6) is 0 Å². The summed E-state index contributed by atoms with van der Waals surface area (Å²) in [6, 6.07) is 6.04. The Balaban J connectivity index is 0.000000169. The van der Waals surface area contributed by atoms with Crippen molar-refractivity contribution in [1.82, 2.24) is 4.98 Å². The number of anilines is 1. The fraction of sp³-hybridized carbons (Fsp3) is 0.409. The van der Waals surface area contributed by atoms with E-state index in [-0.39, 0.29) is 0 Å². The number of aryl methyl sites for hydroxylation is 2. The number of rotatable bonds is 4. The number of aromatic nitrogens is 1. The van der Waals surface area contributed by atoms with Crippen LogP contribution in [-0.2, 0) is 31.3 Å². The van der Waals surface area contributed by atoms with Gasteiger partial charge in [0.1, 0.15) is 5.60 Å². The molecule has 2 aromatic rings. The number of hydrogen-bond acceptors (Lipinski definition) is 6. The summed E-state index contributed by atoms with van der Waals surface area (Å²) in [4.78, 5) is 4.96. The van der Waals surface area contributed by atoms with Gasteiger partial charge in [0.2, 0.25) is 0 Å². The number of fused-ring (bicyclic) bond motifs is 2. The molecule has 0 unspecified atom stereocenters. The first-order valence-corrected chi connectivity index (χ1v) is 10.6. The highest BCUT2D eigenvalue weighted by Crippen LogP contribution is 2.38. The average Bonchev–Trinajstić information content (AvgIpc) is 3.30. The Hall–Kier alpha value is -2.02. The predicted octanol–water partition coefficient (Wildman–Crippen LogP) is 3.78. The molecule has 0 bridgehead atoms. The second-order valence-electron chi connectivity index (χ2n) is 7.94. The van der Waals surface area contributed by atoms with E-state index in [1.807, 2.05) is 6.07 Å². The SMILES string of the molecule is C=C(N)Nc1c2c(cc3c1CCC3)CCC2.CC(C)(O)c1ccc(SN)cn1. The molecule has 4 rings (SSSR count). The molecule has 0 spiro atoms. The van der Waals surface area contributed by atoms with Crippen molar-refractivity contribution < 1.29 is 5.11 Å². The molecule has 1 aromatic heterocycles. The molecule has 2 aliphatic carbocycles. The Morgan fingerprint density at radius 1 is 1.14 bits per heavy atom. The van der Waals surface area contributed by atoms with Crippen molar-refractivity contribution in [1.29, 1.82) is 0 Å². The fourth-order valence-corrected chi connectivity index (χ4v) is 4.20. The lowest BCUT2D eigenvalue weighted by molar-refractivity contribution is 0.0737.